The summed E-state index contributed by atoms with van der Waals surface area (Å²) in [6.45, 7) is 9.80. The van der Waals surface area contributed by atoms with Gasteiger partial charge in [0.25, 0.3) is 5.91 Å². The molecule has 0 spiro atoms. The third-order valence-corrected chi connectivity index (χ3v) is 4.73. The SMILES string of the molecule is CCN(c1cccc(C)c1)c1cc(C(=O)NCCN2CCOCC2)ccn1. The molecule has 3 rings (SSSR count). The van der Waals surface area contributed by atoms with Gasteiger partial charge in [0.2, 0.25) is 0 Å². The minimum absolute atomic E-state index is 0.0628. The summed E-state index contributed by atoms with van der Waals surface area (Å²) >= 11 is 0. The van der Waals surface area contributed by atoms with Crippen molar-refractivity contribution in [1.29, 1.82) is 0 Å². The standard InChI is InChI=1S/C21H28N4O2/c1-3-25(19-6-4-5-17(2)15-19)20-16-18(7-8-22-20)21(26)23-9-10-24-11-13-27-14-12-24/h4-8,15-16H,3,9-14H2,1-2H3,(H,23,26). The summed E-state index contributed by atoms with van der Waals surface area (Å²) in [4.78, 5) is 21.4. The number of morpholine rings is 1. The van der Waals surface area contributed by atoms with Crippen LogP contribution >= 0.6 is 0 Å². The molecule has 1 aliphatic rings. The average molecular weight is 368 g/mol. The normalized spacial score (nSPS) is 14.7. The van der Waals surface area contributed by atoms with Gasteiger partial charge in [0.05, 0.1) is 13.2 Å². The number of aryl methyl sites for hydroxylation is 1. The van der Waals surface area contributed by atoms with Crippen LogP contribution in [0.3, 0.4) is 0 Å². The Balaban J connectivity index is 1.64. The number of hydrogen-bond acceptors (Lipinski definition) is 5. The Labute approximate surface area is 161 Å². The highest BCUT2D eigenvalue weighted by atomic mass is 16.5. The van der Waals surface area contributed by atoms with Gasteiger partial charge < -0.3 is 15.0 Å². The second-order valence-corrected chi connectivity index (χ2v) is 6.70. The number of aromatic nitrogens is 1. The van der Waals surface area contributed by atoms with Crippen molar-refractivity contribution in [2.45, 2.75) is 13.8 Å². The largest absolute Gasteiger partial charge is 0.379 e. The molecule has 2 aromatic rings. The molecule has 1 aromatic carbocycles. The molecule has 0 aliphatic carbocycles. The molecule has 2 heterocycles. The lowest BCUT2D eigenvalue weighted by Gasteiger charge is -2.26. The molecule has 6 nitrogen and oxygen atoms in total. The van der Waals surface area contributed by atoms with Gasteiger partial charge >= 0.3 is 0 Å². The summed E-state index contributed by atoms with van der Waals surface area (Å²) in [7, 11) is 0. The highest BCUT2D eigenvalue weighted by molar-refractivity contribution is 5.95. The highest BCUT2D eigenvalue weighted by Gasteiger charge is 2.14. The lowest BCUT2D eigenvalue weighted by atomic mass is 10.2. The number of nitrogens with zero attached hydrogens (tertiary/aromatic N) is 3. The van der Waals surface area contributed by atoms with E-state index in [-0.39, 0.29) is 5.91 Å². The van der Waals surface area contributed by atoms with Crippen LogP contribution in [0, 0.1) is 6.92 Å². The summed E-state index contributed by atoms with van der Waals surface area (Å²) in [5.41, 5.74) is 2.91. The number of anilines is 2. The number of hydrogen-bond donors (Lipinski definition) is 1. The minimum atomic E-state index is -0.0628. The molecule has 0 atom stereocenters. The average Bonchev–Trinajstić information content (AvgIpc) is 2.70. The van der Waals surface area contributed by atoms with Gasteiger partial charge in [-0.2, -0.15) is 0 Å². The van der Waals surface area contributed by atoms with Crippen LogP contribution in [0.2, 0.25) is 0 Å². The van der Waals surface area contributed by atoms with E-state index in [1.807, 2.05) is 12.1 Å². The highest BCUT2D eigenvalue weighted by Crippen LogP contribution is 2.24. The fourth-order valence-corrected chi connectivity index (χ4v) is 3.23. The number of carbonyl (C=O) groups excluding carboxylic acids is 1. The van der Waals surface area contributed by atoms with Crippen molar-refractivity contribution in [1.82, 2.24) is 15.2 Å². The lowest BCUT2D eigenvalue weighted by molar-refractivity contribution is 0.0383. The van der Waals surface area contributed by atoms with E-state index in [1.54, 1.807) is 12.3 Å². The van der Waals surface area contributed by atoms with Gasteiger partial charge in [-0.1, -0.05) is 12.1 Å². The quantitative estimate of drug-likeness (QED) is 0.814. The van der Waals surface area contributed by atoms with Crippen LogP contribution < -0.4 is 10.2 Å². The van der Waals surface area contributed by atoms with Crippen LogP contribution in [-0.2, 0) is 4.74 Å². The maximum atomic E-state index is 12.5. The molecule has 144 valence electrons. The number of carbonyl (C=O) groups is 1. The van der Waals surface area contributed by atoms with Crippen molar-refractivity contribution in [3.8, 4) is 0 Å². The van der Waals surface area contributed by atoms with Crippen LogP contribution in [0.4, 0.5) is 11.5 Å². The van der Waals surface area contributed by atoms with Gasteiger partial charge in [-0.3, -0.25) is 9.69 Å². The zero-order valence-electron chi connectivity index (χ0n) is 16.1. The predicted octanol–water partition coefficient (Wildman–Crippen LogP) is 2.61. The number of ether oxygens (including phenoxy) is 1. The third-order valence-electron chi connectivity index (χ3n) is 4.73. The van der Waals surface area contributed by atoms with Crippen LogP contribution in [-0.4, -0.2) is 61.7 Å². The smallest absolute Gasteiger partial charge is 0.251 e. The molecule has 6 heteroatoms. The van der Waals surface area contributed by atoms with Gasteiger partial charge in [0.1, 0.15) is 5.82 Å². The summed E-state index contributed by atoms with van der Waals surface area (Å²) in [6.07, 6.45) is 1.70. The van der Waals surface area contributed by atoms with Crippen LogP contribution in [0.5, 0.6) is 0 Å². The first-order valence-corrected chi connectivity index (χ1v) is 9.56. The number of pyridine rings is 1. The first kappa shape index (κ1) is 19.3. The van der Waals surface area contributed by atoms with E-state index in [4.69, 9.17) is 4.74 Å². The van der Waals surface area contributed by atoms with E-state index in [2.05, 4.69) is 52.1 Å². The Bertz CT molecular complexity index is 759. The van der Waals surface area contributed by atoms with E-state index in [0.717, 1.165) is 50.9 Å². The Hall–Kier alpha value is -2.44. The summed E-state index contributed by atoms with van der Waals surface area (Å²) in [5, 5.41) is 3.01. The minimum Gasteiger partial charge on any atom is -0.379 e. The number of amides is 1. The molecule has 1 saturated heterocycles. The van der Waals surface area contributed by atoms with Crippen molar-refractivity contribution in [2.24, 2.45) is 0 Å². The van der Waals surface area contributed by atoms with E-state index >= 15 is 0 Å². The Morgan fingerprint density at radius 3 is 2.81 bits per heavy atom. The first-order valence-electron chi connectivity index (χ1n) is 9.56. The predicted molar refractivity (Wildman–Crippen MR) is 108 cm³/mol. The molecular weight excluding hydrogens is 340 g/mol. The monoisotopic (exact) mass is 368 g/mol. The summed E-state index contributed by atoms with van der Waals surface area (Å²) in [5.74, 6) is 0.719. The molecule has 1 N–H and O–H groups in total. The van der Waals surface area contributed by atoms with Crippen molar-refractivity contribution in [3.63, 3.8) is 0 Å². The maximum Gasteiger partial charge on any atom is 0.251 e. The Morgan fingerprint density at radius 1 is 1.26 bits per heavy atom. The maximum absolute atomic E-state index is 12.5. The summed E-state index contributed by atoms with van der Waals surface area (Å²) in [6, 6.07) is 11.9. The second-order valence-electron chi connectivity index (χ2n) is 6.70. The van der Waals surface area contributed by atoms with Gasteiger partial charge in [-0.25, -0.2) is 4.98 Å². The van der Waals surface area contributed by atoms with E-state index in [1.165, 1.54) is 5.56 Å². The Morgan fingerprint density at radius 2 is 2.07 bits per heavy atom. The van der Waals surface area contributed by atoms with Gasteiger partial charge in [-0.05, 0) is 43.7 Å². The number of nitrogens with one attached hydrogen (secondary N) is 1. The molecular formula is C21H28N4O2. The molecule has 1 amide bonds. The molecule has 1 aliphatic heterocycles. The lowest BCUT2D eigenvalue weighted by Crippen LogP contribution is -2.41. The molecule has 27 heavy (non-hydrogen) atoms. The molecule has 1 fully saturated rings. The molecule has 0 unspecified atom stereocenters. The molecule has 0 saturated carbocycles. The van der Waals surface area contributed by atoms with E-state index in [0.29, 0.717) is 12.1 Å². The van der Waals surface area contributed by atoms with Gasteiger partial charge in [-0.15, -0.1) is 0 Å². The van der Waals surface area contributed by atoms with Crippen LogP contribution in [0.1, 0.15) is 22.8 Å². The number of benzene rings is 1. The van der Waals surface area contributed by atoms with Crippen LogP contribution in [0.25, 0.3) is 0 Å². The first-order chi connectivity index (χ1) is 13.2. The van der Waals surface area contributed by atoms with Crippen molar-refractivity contribution in [2.75, 3.05) is 50.8 Å². The summed E-state index contributed by atoms with van der Waals surface area (Å²) < 4.78 is 5.35. The van der Waals surface area contributed by atoms with Crippen LogP contribution in [0.15, 0.2) is 42.6 Å². The molecule has 0 radical (unpaired) electrons. The second kappa shape index (κ2) is 9.48. The number of rotatable bonds is 7. The van der Waals surface area contributed by atoms with Crippen molar-refractivity contribution >= 4 is 17.4 Å². The van der Waals surface area contributed by atoms with Crippen molar-refractivity contribution < 1.29 is 9.53 Å². The third kappa shape index (κ3) is 5.28. The van der Waals surface area contributed by atoms with Crippen molar-refractivity contribution in [3.05, 3.63) is 53.7 Å². The van der Waals surface area contributed by atoms with Gasteiger partial charge in [0, 0.05) is 50.2 Å². The topological polar surface area (TPSA) is 57.7 Å². The zero-order valence-corrected chi connectivity index (χ0v) is 16.1. The fraction of sp³-hybridized carbons (Fsp3) is 0.429. The van der Waals surface area contributed by atoms with Gasteiger partial charge in [0.15, 0.2) is 0 Å². The fourth-order valence-electron chi connectivity index (χ4n) is 3.23. The zero-order chi connectivity index (χ0) is 19.1. The molecule has 1 aromatic heterocycles. The van der Waals surface area contributed by atoms with E-state index in [9.17, 15) is 4.79 Å². The van der Waals surface area contributed by atoms with E-state index < -0.39 is 0 Å². The Kier molecular flexibility index (Phi) is 6.79. The molecule has 0 bridgehead atoms.